The van der Waals surface area contributed by atoms with Crippen LogP contribution in [-0.4, -0.2) is 31.0 Å². The van der Waals surface area contributed by atoms with Crippen LogP contribution in [0.15, 0.2) is 0 Å². The molecule has 0 bridgehead atoms. The molecule has 0 spiro atoms. The van der Waals surface area contributed by atoms with Crippen molar-refractivity contribution >= 4 is 0 Å². The van der Waals surface area contributed by atoms with E-state index in [1.165, 1.54) is 0 Å². The van der Waals surface area contributed by atoms with Gasteiger partial charge in [0.2, 0.25) is 0 Å². The number of halogens is 3. The highest BCUT2D eigenvalue weighted by Crippen LogP contribution is 2.21. The monoisotopic (exact) mass is 225 g/mol. The Morgan fingerprint density at radius 2 is 1.73 bits per heavy atom. The summed E-state index contributed by atoms with van der Waals surface area (Å²) >= 11 is 0. The largest absolute Gasteiger partial charge is 0.390 e. The predicted octanol–water partition coefficient (Wildman–Crippen LogP) is 2.48. The zero-order valence-electron chi connectivity index (χ0n) is 9.10. The molecule has 5 heteroatoms. The second-order valence-corrected chi connectivity index (χ2v) is 4.24. The van der Waals surface area contributed by atoms with Gasteiger partial charge in [0.25, 0.3) is 0 Å². The van der Waals surface area contributed by atoms with Gasteiger partial charge >= 0.3 is 6.18 Å². The molecular formula is C10H18F3NO. The summed E-state index contributed by atoms with van der Waals surface area (Å²) in [7, 11) is 0. The van der Waals surface area contributed by atoms with Crippen LogP contribution in [-0.2, 0) is 4.74 Å². The molecule has 2 nitrogen and oxygen atoms in total. The summed E-state index contributed by atoms with van der Waals surface area (Å²) in [5.41, 5.74) is 0. The third-order valence-electron chi connectivity index (χ3n) is 2.54. The van der Waals surface area contributed by atoms with Gasteiger partial charge in [-0.25, -0.2) is 0 Å². The van der Waals surface area contributed by atoms with Crippen LogP contribution in [0.3, 0.4) is 0 Å². The second-order valence-electron chi connectivity index (χ2n) is 4.24. The maximum Gasteiger partial charge on any atom is 0.390 e. The Balaban J connectivity index is 2.21. The lowest BCUT2D eigenvalue weighted by Gasteiger charge is -2.32. The maximum atomic E-state index is 11.9. The predicted molar refractivity (Wildman–Crippen MR) is 51.7 cm³/mol. The summed E-state index contributed by atoms with van der Waals surface area (Å²) in [5, 5.41) is 2.94. The molecule has 1 aliphatic heterocycles. The average Bonchev–Trinajstić information content (AvgIpc) is 1.99. The van der Waals surface area contributed by atoms with Gasteiger partial charge in [-0.15, -0.1) is 0 Å². The summed E-state index contributed by atoms with van der Waals surface area (Å²) in [4.78, 5) is 0. The molecule has 1 saturated heterocycles. The van der Waals surface area contributed by atoms with Gasteiger partial charge < -0.3 is 10.1 Å². The highest BCUT2D eigenvalue weighted by Gasteiger charge is 2.28. The van der Waals surface area contributed by atoms with Crippen LogP contribution in [0, 0.1) is 0 Å². The SMILES string of the molecule is CC1CC(NCCC(F)(F)F)CC(C)O1. The van der Waals surface area contributed by atoms with Crippen molar-refractivity contribution in [2.24, 2.45) is 0 Å². The molecule has 0 aromatic rings. The van der Waals surface area contributed by atoms with Gasteiger partial charge in [-0.05, 0) is 26.7 Å². The first-order valence-electron chi connectivity index (χ1n) is 5.32. The van der Waals surface area contributed by atoms with E-state index in [1.807, 2.05) is 13.8 Å². The molecule has 1 heterocycles. The van der Waals surface area contributed by atoms with Crippen LogP contribution in [0.4, 0.5) is 13.2 Å². The molecule has 1 aliphatic rings. The van der Waals surface area contributed by atoms with E-state index in [4.69, 9.17) is 4.74 Å². The third-order valence-corrected chi connectivity index (χ3v) is 2.54. The number of rotatable bonds is 3. The Kier molecular flexibility index (Phi) is 4.40. The number of ether oxygens (including phenoxy) is 1. The number of nitrogens with one attached hydrogen (secondary N) is 1. The Labute approximate surface area is 88.2 Å². The number of hydrogen-bond acceptors (Lipinski definition) is 2. The van der Waals surface area contributed by atoms with Gasteiger partial charge in [0.1, 0.15) is 0 Å². The Bertz CT molecular complexity index is 186. The van der Waals surface area contributed by atoms with Crippen molar-refractivity contribution in [3.63, 3.8) is 0 Å². The van der Waals surface area contributed by atoms with Crippen LogP contribution >= 0.6 is 0 Å². The molecule has 2 atom stereocenters. The molecule has 0 radical (unpaired) electrons. The van der Waals surface area contributed by atoms with Crippen LogP contribution in [0.25, 0.3) is 0 Å². The average molecular weight is 225 g/mol. The fraction of sp³-hybridized carbons (Fsp3) is 1.00. The van der Waals surface area contributed by atoms with E-state index in [0.29, 0.717) is 0 Å². The molecule has 0 saturated carbocycles. The van der Waals surface area contributed by atoms with E-state index in [2.05, 4.69) is 5.32 Å². The normalized spacial score (nSPS) is 33.0. The standard InChI is InChI=1S/C10H18F3NO/c1-7-5-9(6-8(2)15-7)14-4-3-10(11,12)13/h7-9,14H,3-6H2,1-2H3. The Morgan fingerprint density at radius 1 is 1.20 bits per heavy atom. The van der Waals surface area contributed by atoms with Gasteiger partial charge in [-0.3, -0.25) is 0 Å². The van der Waals surface area contributed by atoms with Crippen LogP contribution in [0.1, 0.15) is 33.1 Å². The Hall–Kier alpha value is -0.290. The topological polar surface area (TPSA) is 21.3 Å². The van der Waals surface area contributed by atoms with Crippen molar-refractivity contribution in [1.82, 2.24) is 5.32 Å². The molecule has 1 N–H and O–H groups in total. The van der Waals surface area contributed by atoms with E-state index in [1.54, 1.807) is 0 Å². The van der Waals surface area contributed by atoms with E-state index >= 15 is 0 Å². The molecule has 1 fully saturated rings. The number of hydrogen-bond donors (Lipinski definition) is 1. The fourth-order valence-corrected chi connectivity index (χ4v) is 1.99. The molecular weight excluding hydrogens is 207 g/mol. The highest BCUT2D eigenvalue weighted by molar-refractivity contribution is 4.78. The van der Waals surface area contributed by atoms with Gasteiger partial charge in [-0.2, -0.15) is 13.2 Å². The highest BCUT2D eigenvalue weighted by atomic mass is 19.4. The fourth-order valence-electron chi connectivity index (χ4n) is 1.99. The quantitative estimate of drug-likeness (QED) is 0.796. The van der Waals surface area contributed by atoms with Gasteiger partial charge in [0, 0.05) is 12.6 Å². The molecule has 1 rings (SSSR count). The lowest BCUT2D eigenvalue weighted by Crippen LogP contribution is -2.42. The molecule has 0 aliphatic carbocycles. The first kappa shape index (κ1) is 12.8. The van der Waals surface area contributed by atoms with E-state index in [9.17, 15) is 13.2 Å². The van der Waals surface area contributed by atoms with Crippen LogP contribution in [0.2, 0.25) is 0 Å². The summed E-state index contributed by atoms with van der Waals surface area (Å²) in [6.45, 7) is 3.91. The van der Waals surface area contributed by atoms with Crippen molar-refractivity contribution in [2.75, 3.05) is 6.54 Å². The van der Waals surface area contributed by atoms with Crippen LogP contribution < -0.4 is 5.32 Å². The summed E-state index contributed by atoms with van der Waals surface area (Å²) in [5.74, 6) is 0. The molecule has 0 aromatic carbocycles. The molecule has 0 aromatic heterocycles. The zero-order chi connectivity index (χ0) is 11.5. The minimum atomic E-state index is -4.06. The first-order chi connectivity index (χ1) is 6.87. The molecule has 0 amide bonds. The minimum Gasteiger partial charge on any atom is -0.375 e. The first-order valence-corrected chi connectivity index (χ1v) is 5.32. The summed E-state index contributed by atoms with van der Waals surface area (Å²) in [6.07, 6.45) is -2.96. The van der Waals surface area contributed by atoms with E-state index < -0.39 is 12.6 Å². The molecule has 15 heavy (non-hydrogen) atoms. The zero-order valence-corrected chi connectivity index (χ0v) is 9.10. The van der Waals surface area contributed by atoms with Crippen molar-refractivity contribution < 1.29 is 17.9 Å². The van der Waals surface area contributed by atoms with Crippen molar-refractivity contribution in [3.05, 3.63) is 0 Å². The third kappa shape index (κ3) is 5.37. The van der Waals surface area contributed by atoms with Gasteiger partial charge in [0.15, 0.2) is 0 Å². The maximum absolute atomic E-state index is 11.9. The summed E-state index contributed by atoms with van der Waals surface area (Å²) < 4.78 is 41.2. The van der Waals surface area contributed by atoms with Gasteiger partial charge in [0.05, 0.1) is 18.6 Å². The lowest BCUT2D eigenvalue weighted by atomic mass is 10.00. The Morgan fingerprint density at radius 3 is 2.20 bits per heavy atom. The lowest BCUT2D eigenvalue weighted by molar-refractivity contribution is -0.134. The van der Waals surface area contributed by atoms with Crippen molar-refractivity contribution in [2.45, 2.75) is 57.5 Å². The minimum absolute atomic E-state index is 0.00755. The number of alkyl halides is 3. The van der Waals surface area contributed by atoms with Crippen molar-refractivity contribution in [3.8, 4) is 0 Å². The molecule has 90 valence electrons. The van der Waals surface area contributed by atoms with E-state index in [0.717, 1.165) is 12.8 Å². The van der Waals surface area contributed by atoms with E-state index in [-0.39, 0.29) is 24.8 Å². The van der Waals surface area contributed by atoms with Crippen molar-refractivity contribution in [1.29, 1.82) is 0 Å². The van der Waals surface area contributed by atoms with Crippen LogP contribution in [0.5, 0.6) is 0 Å². The van der Waals surface area contributed by atoms with Gasteiger partial charge in [-0.1, -0.05) is 0 Å². The smallest absolute Gasteiger partial charge is 0.375 e. The second kappa shape index (κ2) is 5.16. The molecule has 2 unspecified atom stereocenters. The summed E-state index contributed by atoms with van der Waals surface area (Å²) in [6, 6.07) is 0.158.